The van der Waals surface area contributed by atoms with E-state index in [0.29, 0.717) is 29.3 Å². The highest BCUT2D eigenvalue weighted by Gasteiger charge is 2.34. The number of aromatic nitrogens is 2. The van der Waals surface area contributed by atoms with Crippen molar-refractivity contribution in [3.63, 3.8) is 0 Å². The number of nitrogens with zero attached hydrogens (tertiary/aromatic N) is 4. The molecule has 1 N–H and O–H groups in total. The van der Waals surface area contributed by atoms with E-state index in [9.17, 15) is 9.59 Å². The van der Waals surface area contributed by atoms with E-state index < -0.39 is 0 Å². The van der Waals surface area contributed by atoms with Crippen LogP contribution in [0.3, 0.4) is 0 Å². The monoisotopic (exact) mass is 411 g/mol. The summed E-state index contributed by atoms with van der Waals surface area (Å²) in [6, 6.07) is 1.90. The van der Waals surface area contributed by atoms with E-state index in [1.807, 2.05) is 18.7 Å². The van der Waals surface area contributed by atoms with Crippen molar-refractivity contribution in [3.8, 4) is 0 Å². The number of hydrogen-bond acceptors (Lipinski definition) is 6. The molecule has 0 radical (unpaired) electrons. The average molecular weight is 412 g/mol. The van der Waals surface area contributed by atoms with Gasteiger partial charge in [0.05, 0.1) is 5.75 Å². The molecule has 1 aromatic rings. The highest BCUT2D eigenvalue weighted by atomic mass is 35.5. The van der Waals surface area contributed by atoms with Gasteiger partial charge in [-0.05, 0) is 26.2 Å². The molecule has 2 amide bonds. The Balaban J connectivity index is 1.55. The molecule has 2 aliphatic rings. The third-order valence-corrected chi connectivity index (χ3v) is 5.90. The fourth-order valence-electron chi connectivity index (χ4n) is 2.91. The molecule has 2 fully saturated rings. The number of nitrogens with one attached hydrogen (secondary N) is 1. The first-order chi connectivity index (χ1) is 13.0. The van der Waals surface area contributed by atoms with Gasteiger partial charge in [0.25, 0.3) is 0 Å². The minimum absolute atomic E-state index is 0.0355. The van der Waals surface area contributed by atoms with E-state index in [4.69, 9.17) is 11.6 Å². The van der Waals surface area contributed by atoms with E-state index in [1.54, 1.807) is 6.07 Å². The normalized spacial score (nSPS) is 18.3. The van der Waals surface area contributed by atoms with E-state index in [1.165, 1.54) is 11.8 Å². The lowest BCUT2D eigenvalue weighted by Gasteiger charge is -2.35. The van der Waals surface area contributed by atoms with Gasteiger partial charge >= 0.3 is 0 Å². The summed E-state index contributed by atoms with van der Waals surface area (Å²) in [7, 11) is 0. The van der Waals surface area contributed by atoms with Crippen LogP contribution in [0.2, 0.25) is 5.15 Å². The number of hydrogen-bond donors (Lipinski definition) is 1. The summed E-state index contributed by atoms with van der Waals surface area (Å²) in [6.45, 7) is 6.87. The number of anilines is 1. The van der Waals surface area contributed by atoms with Crippen molar-refractivity contribution in [3.05, 3.63) is 11.2 Å². The van der Waals surface area contributed by atoms with Crippen LogP contribution in [-0.4, -0.2) is 64.7 Å². The van der Waals surface area contributed by atoms with Gasteiger partial charge in [-0.15, -0.1) is 0 Å². The SMILES string of the molecule is CCC(C)NC(=O)CSc1nc(Cl)cc(N2CCN(C(=O)C3CC3)CC2)n1. The molecule has 1 atom stereocenters. The zero-order chi connectivity index (χ0) is 19.4. The minimum atomic E-state index is -0.0355. The molecule has 2 heterocycles. The zero-order valence-electron chi connectivity index (χ0n) is 15.8. The lowest BCUT2D eigenvalue weighted by molar-refractivity contribution is -0.132. The van der Waals surface area contributed by atoms with E-state index in [2.05, 4.69) is 20.2 Å². The zero-order valence-corrected chi connectivity index (χ0v) is 17.4. The van der Waals surface area contributed by atoms with Gasteiger partial charge in [-0.3, -0.25) is 9.59 Å². The summed E-state index contributed by atoms with van der Waals surface area (Å²) in [5, 5.41) is 3.78. The van der Waals surface area contributed by atoms with Crippen molar-refractivity contribution in [2.75, 3.05) is 36.8 Å². The van der Waals surface area contributed by atoms with Crippen LogP contribution in [-0.2, 0) is 9.59 Å². The quantitative estimate of drug-likeness (QED) is 0.421. The molecule has 1 aliphatic carbocycles. The molecule has 1 saturated heterocycles. The predicted octanol–water partition coefficient (Wildman–Crippen LogP) is 2.20. The second-order valence-electron chi connectivity index (χ2n) is 7.08. The predicted molar refractivity (Wildman–Crippen MR) is 107 cm³/mol. The molecule has 0 bridgehead atoms. The smallest absolute Gasteiger partial charge is 0.230 e. The van der Waals surface area contributed by atoms with Crippen molar-refractivity contribution in [2.45, 2.75) is 44.3 Å². The molecular weight excluding hydrogens is 386 g/mol. The number of carbonyl (C=O) groups excluding carboxylic acids is 2. The van der Waals surface area contributed by atoms with Crippen LogP contribution in [0, 0.1) is 5.92 Å². The van der Waals surface area contributed by atoms with Crippen LogP contribution in [0.25, 0.3) is 0 Å². The Labute approximate surface area is 169 Å². The maximum Gasteiger partial charge on any atom is 0.230 e. The molecule has 3 rings (SSSR count). The summed E-state index contributed by atoms with van der Waals surface area (Å²) in [4.78, 5) is 37.0. The lowest BCUT2D eigenvalue weighted by atomic mass is 10.2. The van der Waals surface area contributed by atoms with E-state index in [0.717, 1.165) is 38.2 Å². The standard InChI is InChI=1S/C18H26ClN5O2S/c1-3-12(2)20-16(25)11-27-18-21-14(19)10-15(22-18)23-6-8-24(9-7-23)17(26)13-4-5-13/h10,12-13H,3-9,11H2,1-2H3,(H,20,25). The van der Waals surface area contributed by atoms with Crippen molar-refractivity contribution in [1.82, 2.24) is 20.2 Å². The number of amides is 2. The van der Waals surface area contributed by atoms with Crippen LogP contribution >= 0.6 is 23.4 Å². The van der Waals surface area contributed by atoms with Crippen LogP contribution < -0.4 is 10.2 Å². The van der Waals surface area contributed by atoms with E-state index >= 15 is 0 Å². The van der Waals surface area contributed by atoms with Crippen LogP contribution in [0.1, 0.15) is 33.1 Å². The van der Waals surface area contributed by atoms with Crippen molar-refractivity contribution in [1.29, 1.82) is 0 Å². The molecule has 9 heteroatoms. The fourth-order valence-corrected chi connectivity index (χ4v) is 3.80. The third-order valence-electron chi connectivity index (χ3n) is 4.85. The largest absolute Gasteiger partial charge is 0.353 e. The fraction of sp³-hybridized carbons (Fsp3) is 0.667. The highest BCUT2D eigenvalue weighted by molar-refractivity contribution is 7.99. The van der Waals surface area contributed by atoms with Crippen LogP contribution in [0.5, 0.6) is 0 Å². The van der Waals surface area contributed by atoms with Crippen molar-refractivity contribution >= 4 is 41.0 Å². The molecule has 1 aromatic heterocycles. The van der Waals surface area contributed by atoms with Gasteiger partial charge in [0.15, 0.2) is 5.16 Å². The molecule has 27 heavy (non-hydrogen) atoms. The summed E-state index contributed by atoms with van der Waals surface area (Å²) in [6.07, 6.45) is 2.96. The van der Waals surface area contributed by atoms with Crippen molar-refractivity contribution < 1.29 is 9.59 Å². The number of halogens is 1. The topological polar surface area (TPSA) is 78.4 Å². The third kappa shape index (κ3) is 5.72. The first-order valence-corrected chi connectivity index (χ1v) is 10.8. The molecule has 1 unspecified atom stereocenters. The molecular formula is C18H26ClN5O2S. The van der Waals surface area contributed by atoms with Crippen molar-refractivity contribution in [2.24, 2.45) is 5.92 Å². The Morgan fingerprint density at radius 3 is 2.63 bits per heavy atom. The summed E-state index contributed by atoms with van der Waals surface area (Å²) >= 11 is 7.45. The van der Waals surface area contributed by atoms with Crippen LogP contribution in [0.15, 0.2) is 11.2 Å². The van der Waals surface area contributed by atoms with Gasteiger partial charge in [-0.1, -0.05) is 30.3 Å². The minimum Gasteiger partial charge on any atom is -0.353 e. The number of carbonyl (C=O) groups is 2. The summed E-state index contributed by atoms with van der Waals surface area (Å²) < 4.78 is 0. The maximum absolute atomic E-state index is 12.2. The Morgan fingerprint density at radius 2 is 2.00 bits per heavy atom. The lowest BCUT2D eigenvalue weighted by Crippen LogP contribution is -2.49. The van der Waals surface area contributed by atoms with Gasteiger partial charge in [0.2, 0.25) is 11.8 Å². The molecule has 0 aromatic carbocycles. The molecule has 1 aliphatic heterocycles. The first kappa shape index (κ1) is 20.2. The van der Waals surface area contributed by atoms with Gasteiger partial charge < -0.3 is 15.1 Å². The van der Waals surface area contributed by atoms with Gasteiger partial charge in [-0.2, -0.15) is 0 Å². The van der Waals surface area contributed by atoms with Gasteiger partial charge in [0, 0.05) is 44.2 Å². The second-order valence-corrected chi connectivity index (χ2v) is 8.41. The number of thioether (sulfide) groups is 1. The Bertz CT molecular complexity index is 692. The molecule has 148 valence electrons. The van der Waals surface area contributed by atoms with E-state index in [-0.39, 0.29) is 23.6 Å². The maximum atomic E-state index is 12.2. The molecule has 7 nitrogen and oxygen atoms in total. The number of piperazine rings is 1. The summed E-state index contributed by atoms with van der Waals surface area (Å²) in [5.74, 6) is 1.52. The highest BCUT2D eigenvalue weighted by Crippen LogP contribution is 2.31. The molecule has 0 spiro atoms. The average Bonchev–Trinajstić information content (AvgIpc) is 3.50. The Morgan fingerprint density at radius 1 is 1.30 bits per heavy atom. The Hall–Kier alpha value is -1.54. The number of rotatable bonds is 7. The Kier molecular flexibility index (Phi) is 6.81. The second kappa shape index (κ2) is 9.10. The first-order valence-electron chi connectivity index (χ1n) is 9.46. The van der Waals surface area contributed by atoms with Crippen LogP contribution in [0.4, 0.5) is 5.82 Å². The molecule has 1 saturated carbocycles. The summed E-state index contributed by atoms with van der Waals surface area (Å²) in [5.41, 5.74) is 0. The van der Waals surface area contributed by atoms with Gasteiger partial charge in [-0.25, -0.2) is 9.97 Å². The van der Waals surface area contributed by atoms with Gasteiger partial charge in [0.1, 0.15) is 11.0 Å².